The summed E-state index contributed by atoms with van der Waals surface area (Å²) in [6.07, 6.45) is 7.97. The lowest BCUT2D eigenvalue weighted by Crippen LogP contribution is -2.57. The summed E-state index contributed by atoms with van der Waals surface area (Å²) in [4.78, 5) is 31.1. The Morgan fingerprint density at radius 1 is 1.38 bits per heavy atom. The van der Waals surface area contributed by atoms with Crippen molar-refractivity contribution >= 4 is 39.5 Å². The number of carbonyl (C=O) groups is 2. The molecule has 2 heterocycles. The number of hydrogen-bond donors (Lipinski definition) is 2. The largest absolute Gasteiger partial charge is 0.328 e. The summed E-state index contributed by atoms with van der Waals surface area (Å²) in [5, 5.41) is 5.12. The van der Waals surface area contributed by atoms with Gasteiger partial charge in [0.2, 0.25) is 23.1 Å². The van der Waals surface area contributed by atoms with E-state index in [1.807, 2.05) is 0 Å². The maximum absolute atomic E-state index is 12.9. The average molecular weight is 401 g/mol. The monoisotopic (exact) mass is 400 g/mol. The Morgan fingerprint density at radius 3 is 2.77 bits per heavy atom. The van der Waals surface area contributed by atoms with E-state index in [9.17, 15) is 18.4 Å². The number of nitrogens with zero attached hydrogens (tertiary/aromatic N) is 3. The third-order valence-electron chi connectivity index (χ3n) is 5.07. The molecule has 1 aliphatic heterocycles. The fraction of sp³-hybridized carbons (Fsp3) is 0.688. The molecule has 26 heavy (non-hydrogen) atoms. The van der Waals surface area contributed by atoms with Gasteiger partial charge in [-0.2, -0.15) is 4.31 Å². The van der Waals surface area contributed by atoms with E-state index in [1.54, 1.807) is 16.5 Å². The minimum Gasteiger partial charge on any atom is -0.328 e. The predicted octanol–water partition coefficient (Wildman–Crippen LogP) is 1.70. The second-order valence-electron chi connectivity index (χ2n) is 6.76. The lowest BCUT2D eigenvalue weighted by atomic mass is 9.84. The van der Waals surface area contributed by atoms with Crippen LogP contribution >= 0.6 is 11.3 Å². The smallest absolute Gasteiger partial charge is 0.248 e. The quantitative estimate of drug-likeness (QED) is 0.708. The van der Waals surface area contributed by atoms with Crippen LogP contribution in [0.2, 0.25) is 0 Å². The number of hydrogen-bond acceptors (Lipinski definition) is 5. The number of rotatable bonds is 6. The van der Waals surface area contributed by atoms with Gasteiger partial charge in [0.15, 0.2) is 5.13 Å². The Kier molecular flexibility index (Phi) is 6.74. The molecule has 2 atom stereocenters. The van der Waals surface area contributed by atoms with Crippen LogP contribution < -0.4 is 5.32 Å². The van der Waals surface area contributed by atoms with Gasteiger partial charge in [0, 0.05) is 24.7 Å². The average Bonchev–Trinajstić information content (AvgIpc) is 3.13. The van der Waals surface area contributed by atoms with Crippen molar-refractivity contribution in [3.8, 4) is 0 Å². The molecule has 3 rings (SSSR count). The molecule has 0 radical (unpaired) electrons. The third-order valence-corrected chi connectivity index (χ3v) is 6.51. The maximum atomic E-state index is 12.9. The molecule has 0 bridgehead atoms. The Morgan fingerprint density at radius 2 is 2.15 bits per heavy atom. The number of amides is 2. The van der Waals surface area contributed by atoms with Crippen molar-refractivity contribution in [1.82, 2.24) is 14.2 Å². The van der Waals surface area contributed by atoms with Crippen LogP contribution in [0.3, 0.4) is 0 Å². The Bertz CT molecular complexity index is 649. The lowest BCUT2D eigenvalue weighted by molar-refractivity contribution is -0.142. The first kappa shape index (κ1) is 19.4. The van der Waals surface area contributed by atoms with Crippen LogP contribution in [0.15, 0.2) is 11.6 Å². The molecule has 2 aliphatic rings. The van der Waals surface area contributed by atoms with Crippen molar-refractivity contribution in [2.45, 2.75) is 44.6 Å². The molecule has 10 heteroatoms. The highest BCUT2D eigenvalue weighted by atomic mass is 32.2. The van der Waals surface area contributed by atoms with E-state index in [0.29, 0.717) is 17.5 Å². The van der Waals surface area contributed by atoms with Gasteiger partial charge >= 0.3 is 0 Å². The van der Waals surface area contributed by atoms with Crippen LogP contribution in [0.1, 0.15) is 38.5 Å². The first-order valence-electron chi connectivity index (χ1n) is 8.90. The van der Waals surface area contributed by atoms with Crippen LogP contribution in [0, 0.1) is 5.92 Å². The van der Waals surface area contributed by atoms with Gasteiger partial charge in [-0.15, -0.1) is 11.3 Å². The molecule has 144 valence electrons. The van der Waals surface area contributed by atoms with Crippen molar-refractivity contribution in [2.24, 2.45) is 5.92 Å². The van der Waals surface area contributed by atoms with Gasteiger partial charge in [-0.1, -0.05) is 32.1 Å². The van der Waals surface area contributed by atoms with E-state index in [0.717, 1.165) is 25.7 Å². The van der Waals surface area contributed by atoms with Crippen LogP contribution in [0.4, 0.5) is 5.13 Å². The zero-order valence-corrected chi connectivity index (χ0v) is 16.1. The van der Waals surface area contributed by atoms with Gasteiger partial charge in [0.25, 0.3) is 0 Å². The molecule has 1 aromatic rings. The Hall–Kier alpha value is -1.36. The highest BCUT2D eigenvalue weighted by Gasteiger charge is 2.36. The van der Waals surface area contributed by atoms with E-state index < -0.39 is 17.3 Å². The van der Waals surface area contributed by atoms with E-state index in [1.165, 1.54) is 22.1 Å². The van der Waals surface area contributed by atoms with Gasteiger partial charge in [0.05, 0.1) is 6.54 Å². The molecule has 0 aromatic carbocycles. The summed E-state index contributed by atoms with van der Waals surface area (Å²) in [5.74, 6) is -0.0835. The molecule has 1 saturated carbocycles. The molecule has 1 saturated heterocycles. The molecule has 2 fully saturated rings. The third kappa shape index (κ3) is 4.87. The zero-order valence-electron chi connectivity index (χ0n) is 14.5. The second-order valence-corrected chi connectivity index (χ2v) is 8.64. The predicted molar refractivity (Wildman–Crippen MR) is 99.8 cm³/mol. The molecule has 1 aliphatic carbocycles. The highest BCUT2D eigenvalue weighted by Crippen LogP contribution is 2.29. The zero-order chi connectivity index (χ0) is 18.5. The van der Waals surface area contributed by atoms with Crippen molar-refractivity contribution < 1.29 is 18.4 Å². The summed E-state index contributed by atoms with van der Waals surface area (Å²) in [6, 6.07) is -0.566. The molecule has 8 nitrogen and oxygen atoms in total. The van der Waals surface area contributed by atoms with Gasteiger partial charge < -0.3 is 10.2 Å². The fourth-order valence-corrected chi connectivity index (χ4v) is 4.71. The number of carbonyl (C=O) groups excluding carboxylic acids is 2. The summed E-state index contributed by atoms with van der Waals surface area (Å²) in [6.45, 7) is 0.406. The number of anilines is 1. The van der Waals surface area contributed by atoms with E-state index in [2.05, 4.69) is 10.3 Å². The van der Waals surface area contributed by atoms with Gasteiger partial charge in [-0.3, -0.25) is 14.1 Å². The molecule has 2 N–H and O–H groups in total. The van der Waals surface area contributed by atoms with Crippen LogP contribution in [0.5, 0.6) is 0 Å². The normalized spacial score (nSPS) is 22.2. The molecule has 1 aromatic heterocycles. The lowest BCUT2D eigenvalue weighted by Gasteiger charge is -2.38. The number of piperazine rings is 1. The Balaban J connectivity index is 1.72. The first-order valence-corrected chi connectivity index (χ1v) is 10.8. The van der Waals surface area contributed by atoms with Crippen LogP contribution in [-0.4, -0.2) is 60.4 Å². The van der Waals surface area contributed by atoms with Gasteiger partial charge in [-0.25, -0.2) is 9.19 Å². The van der Waals surface area contributed by atoms with E-state index in [4.69, 9.17) is 0 Å². The van der Waals surface area contributed by atoms with E-state index in [-0.39, 0.29) is 31.4 Å². The van der Waals surface area contributed by atoms with Gasteiger partial charge in [-0.05, 0) is 12.3 Å². The standard InChI is InChI=1S/C16H24N4O4S2/c21-14-11-19(26(23)24)7-8-20(14)13(10-12-4-2-1-3-5-12)15(22)18-16-17-6-9-25-16/h6,9,12-13H,1-5,7-8,10-11H2,(H,23,24)(H,17,18,22)/t13-/m0/s1. The summed E-state index contributed by atoms with van der Waals surface area (Å²) in [7, 11) is 0. The number of aromatic nitrogens is 1. The first-order chi connectivity index (χ1) is 12.5. The minimum atomic E-state index is -2.17. The summed E-state index contributed by atoms with van der Waals surface area (Å²) < 4.78 is 21.6. The van der Waals surface area contributed by atoms with Crippen molar-refractivity contribution in [2.75, 3.05) is 25.0 Å². The number of nitrogens with one attached hydrogen (secondary N) is 1. The molecule has 1 unspecified atom stereocenters. The minimum absolute atomic E-state index is 0.144. The fourth-order valence-electron chi connectivity index (χ4n) is 3.72. The molecular weight excluding hydrogens is 376 g/mol. The molecule has 2 amide bonds. The molecule has 0 spiro atoms. The summed E-state index contributed by atoms with van der Waals surface area (Å²) in [5.41, 5.74) is 0. The second kappa shape index (κ2) is 9.03. The maximum Gasteiger partial charge on any atom is 0.248 e. The van der Waals surface area contributed by atoms with Crippen molar-refractivity contribution in [1.29, 1.82) is 0 Å². The molecular formula is C16H24N4O4S2. The van der Waals surface area contributed by atoms with Crippen LogP contribution in [0.25, 0.3) is 0 Å². The SMILES string of the molecule is O=C(Nc1nccs1)[C@H](CC1CCCCC1)N1CCN(S(=O)O)CC1=O. The van der Waals surface area contributed by atoms with Crippen LogP contribution in [-0.2, 0) is 20.9 Å². The topological polar surface area (TPSA) is 103 Å². The van der Waals surface area contributed by atoms with Crippen molar-refractivity contribution in [3.63, 3.8) is 0 Å². The number of thiazole rings is 1. The van der Waals surface area contributed by atoms with Gasteiger partial charge in [0.1, 0.15) is 6.04 Å². The van der Waals surface area contributed by atoms with Crippen molar-refractivity contribution in [3.05, 3.63) is 11.6 Å². The highest BCUT2D eigenvalue weighted by molar-refractivity contribution is 7.76. The van der Waals surface area contributed by atoms with E-state index >= 15 is 0 Å². The summed E-state index contributed by atoms with van der Waals surface area (Å²) >= 11 is -0.828. The Labute approximate surface area is 159 Å².